The fourth-order valence-electron chi connectivity index (χ4n) is 4.38. The second-order valence-corrected chi connectivity index (χ2v) is 12.3. The van der Waals surface area contributed by atoms with E-state index in [0.717, 1.165) is 37.8 Å². The predicted octanol–water partition coefficient (Wildman–Crippen LogP) is 4.75. The van der Waals surface area contributed by atoms with Gasteiger partial charge in [-0.3, -0.25) is 0 Å². The Hall–Kier alpha value is -2.80. The number of rotatable bonds is 5. The molecule has 35 heavy (non-hydrogen) atoms. The van der Waals surface area contributed by atoms with E-state index in [9.17, 15) is 25.8 Å². The zero-order valence-electron chi connectivity index (χ0n) is 18.5. The molecule has 0 bridgehead atoms. The highest BCUT2D eigenvalue weighted by Gasteiger charge is 2.42. The van der Waals surface area contributed by atoms with Crippen molar-refractivity contribution in [2.75, 3.05) is 5.75 Å². The minimum atomic E-state index is -4.93. The van der Waals surface area contributed by atoms with E-state index in [-0.39, 0.29) is 38.9 Å². The first-order valence-electron chi connectivity index (χ1n) is 10.9. The van der Waals surface area contributed by atoms with E-state index in [1.54, 1.807) is 0 Å². The maximum absolute atomic E-state index is 12.9. The highest BCUT2D eigenvalue weighted by Crippen LogP contribution is 2.41. The van der Waals surface area contributed by atoms with Crippen LogP contribution >= 0.6 is 0 Å². The Morgan fingerprint density at radius 2 is 1.91 bits per heavy atom. The van der Waals surface area contributed by atoms with E-state index in [1.807, 2.05) is 0 Å². The fraction of sp³-hybridized carbons (Fsp3) is 0.409. The molecule has 0 N–H and O–H groups in total. The zero-order chi connectivity index (χ0) is 25.0. The molecule has 5 rings (SSSR count). The monoisotopic (exact) mass is 527 g/mol. The van der Waals surface area contributed by atoms with Crippen molar-refractivity contribution in [3.63, 3.8) is 0 Å². The van der Waals surface area contributed by atoms with Crippen LogP contribution in [0.4, 0.5) is 13.2 Å². The Morgan fingerprint density at radius 1 is 1.17 bits per heavy atom. The van der Waals surface area contributed by atoms with Gasteiger partial charge in [0.15, 0.2) is 26.2 Å². The summed E-state index contributed by atoms with van der Waals surface area (Å²) >= 11 is 0. The lowest BCUT2D eigenvalue weighted by molar-refractivity contribution is -0.0384. The van der Waals surface area contributed by atoms with Crippen LogP contribution in [0, 0.1) is 0 Å². The van der Waals surface area contributed by atoms with E-state index in [0.29, 0.717) is 17.7 Å². The summed E-state index contributed by atoms with van der Waals surface area (Å²) in [7, 11) is -7.03. The zero-order valence-corrected chi connectivity index (χ0v) is 20.1. The Balaban J connectivity index is 1.56. The topological polar surface area (TPSA) is 112 Å². The molecular weight excluding hydrogens is 507 g/mol. The first kappa shape index (κ1) is 23.9. The Bertz CT molecular complexity index is 1480. The van der Waals surface area contributed by atoms with Crippen LogP contribution in [0.5, 0.6) is 0 Å². The summed E-state index contributed by atoms with van der Waals surface area (Å²) in [5.74, 6) is -0.391. The van der Waals surface area contributed by atoms with Crippen molar-refractivity contribution in [3.8, 4) is 11.6 Å². The first-order chi connectivity index (χ1) is 16.5. The average molecular weight is 528 g/mol. The van der Waals surface area contributed by atoms with Gasteiger partial charge in [0.1, 0.15) is 16.8 Å². The molecule has 0 amide bonds. The number of fused-ring (bicyclic) bond motifs is 1. The average Bonchev–Trinajstić information content (AvgIpc) is 3.57. The van der Waals surface area contributed by atoms with Crippen molar-refractivity contribution < 1.29 is 35.1 Å². The second kappa shape index (κ2) is 8.40. The lowest BCUT2D eigenvalue weighted by Gasteiger charge is -2.19. The van der Waals surface area contributed by atoms with Crippen LogP contribution in [-0.2, 0) is 25.5 Å². The lowest BCUT2D eigenvalue weighted by atomic mass is 9.93. The summed E-state index contributed by atoms with van der Waals surface area (Å²) < 4.78 is 81.7. The molecule has 1 atom stereocenters. The van der Waals surface area contributed by atoms with E-state index in [1.165, 1.54) is 25.3 Å². The van der Waals surface area contributed by atoms with Crippen molar-refractivity contribution in [1.29, 1.82) is 0 Å². The van der Waals surface area contributed by atoms with Gasteiger partial charge in [-0.05, 0) is 49.9 Å². The van der Waals surface area contributed by atoms with Crippen molar-refractivity contribution in [2.24, 2.45) is 5.16 Å². The van der Waals surface area contributed by atoms with Crippen LogP contribution < -0.4 is 0 Å². The highest BCUT2D eigenvalue weighted by atomic mass is 32.2. The maximum Gasteiger partial charge on any atom is 0.475 e. The van der Waals surface area contributed by atoms with Crippen LogP contribution in [0.2, 0.25) is 0 Å². The number of aromatic nitrogens is 2. The molecule has 2 aliphatic rings. The molecule has 186 valence electrons. The van der Waals surface area contributed by atoms with Crippen LogP contribution in [0.25, 0.3) is 22.7 Å². The van der Waals surface area contributed by atoms with Gasteiger partial charge in [0, 0.05) is 18.2 Å². The van der Waals surface area contributed by atoms with Gasteiger partial charge < -0.3 is 9.25 Å². The first-order valence-corrected chi connectivity index (χ1v) is 13.7. The SMILES string of the molecule is CCS(=O)(=O)c1cc(C2=NOC3(CCCC3)C2)cnc1-c1nc2cc(S(=O)C(F)(F)F)ccc2o1. The Morgan fingerprint density at radius 3 is 2.60 bits per heavy atom. The third kappa shape index (κ3) is 4.35. The molecule has 13 heteroatoms. The number of pyridine rings is 1. The van der Waals surface area contributed by atoms with Gasteiger partial charge in [-0.25, -0.2) is 22.6 Å². The number of nitrogens with zero attached hydrogens (tertiary/aromatic N) is 3. The van der Waals surface area contributed by atoms with E-state index >= 15 is 0 Å². The van der Waals surface area contributed by atoms with Crippen molar-refractivity contribution >= 4 is 37.4 Å². The quantitative estimate of drug-likeness (QED) is 0.471. The number of alkyl halides is 3. The van der Waals surface area contributed by atoms with Gasteiger partial charge in [-0.2, -0.15) is 13.2 Å². The molecule has 1 unspecified atom stereocenters. The molecule has 1 aliphatic carbocycles. The van der Waals surface area contributed by atoms with Crippen LogP contribution in [0.1, 0.15) is 44.6 Å². The fourth-order valence-corrected chi connectivity index (χ4v) is 6.11. The minimum Gasteiger partial charge on any atom is -0.435 e. The normalized spacial score (nSPS) is 18.7. The summed E-state index contributed by atoms with van der Waals surface area (Å²) in [4.78, 5) is 13.5. The van der Waals surface area contributed by atoms with Crippen molar-refractivity contribution in [1.82, 2.24) is 9.97 Å². The number of oxime groups is 1. The largest absolute Gasteiger partial charge is 0.475 e. The van der Waals surface area contributed by atoms with E-state index < -0.39 is 31.0 Å². The van der Waals surface area contributed by atoms with Gasteiger partial charge >= 0.3 is 5.51 Å². The van der Waals surface area contributed by atoms with Crippen LogP contribution in [0.3, 0.4) is 0 Å². The summed E-state index contributed by atoms with van der Waals surface area (Å²) in [6.07, 6.45) is 5.88. The van der Waals surface area contributed by atoms with E-state index in [4.69, 9.17) is 9.25 Å². The number of hydrogen-bond acceptors (Lipinski definition) is 8. The molecule has 1 saturated carbocycles. The molecule has 8 nitrogen and oxygen atoms in total. The van der Waals surface area contributed by atoms with Crippen molar-refractivity contribution in [2.45, 2.75) is 59.9 Å². The molecule has 1 spiro atoms. The lowest BCUT2D eigenvalue weighted by Crippen LogP contribution is -2.24. The van der Waals surface area contributed by atoms with Gasteiger partial charge in [-0.1, -0.05) is 12.1 Å². The van der Waals surface area contributed by atoms with Crippen molar-refractivity contribution in [3.05, 3.63) is 36.0 Å². The molecular formula is C22H20F3N3O5S2. The molecule has 1 aliphatic heterocycles. The van der Waals surface area contributed by atoms with Gasteiger partial charge in [-0.15, -0.1) is 0 Å². The Labute approximate surface area is 201 Å². The molecule has 0 radical (unpaired) electrons. The third-order valence-electron chi connectivity index (χ3n) is 6.24. The predicted molar refractivity (Wildman–Crippen MR) is 121 cm³/mol. The van der Waals surface area contributed by atoms with Gasteiger partial charge in [0.25, 0.3) is 0 Å². The van der Waals surface area contributed by atoms with Gasteiger partial charge in [0.2, 0.25) is 5.89 Å². The molecule has 3 heterocycles. The number of hydrogen-bond donors (Lipinski definition) is 0. The molecule has 2 aromatic heterocycles. The smallest absolute Gasteiger partial charge is 0.435 e. The maximum atomic E-state index is 12.9. The van der Waals surface area contributed by atoms with Crippen LogP contribution in [0.15, 0.2) is 49.8 Å². The second-order valence-electron chi connectivity index (χ2n) is 8.53. The third-order valence-corrected chi connectivity index (χ3v) is 9.08. The number of benzene rings is 1. The number of sulfone groups is 1. The summed E-state index contributed by atoms with van der Waals surface area (Å²) in [5.41, 5.74) is -4.13. The van der Waals surface area contributed by atoms with Crippen LogP contribution in [-0.4, -0.2) is 45.2 Å². The molecule has 3 aromatic rings. The molecule has 1 aromatic carbocycles. The van der Waals surface area contributed by atoms with Gasteiger partial charge in [0.05, 0.1) is 21.3 Å². The molecule has 1 fully saturated rings. The minimum absolute atomic E-state index is 0.00225. The Kier molecular flexibility index (Phi) is 5.74. The summed E-state index contributed by atoms with van der Waals surface area (Å²) in [6.45, 7) is 1.49. The van der Waals surface area contributed by atoms with E-state index in [2.05, 4.69) is 15.1 Å². The standard InChI is InChI=1S/C22H20F3N3O5S2/c1-2-35(30,31)18-9-13(16-11-21(33-28-16)7-3-4-8-21)12-26-19(18)20-27-15-10-14(5-6-17(15)32-20)34(29)22(23,24)25/h5-6,9-10,12H,2-4,7-8,11H2,1H3. The number of oxazole rings is 1. The summed E-state index contributed by atoms with van der Waals surface area (Å²) in [6, 6.07) is 4.69. The summed E-state index contributed by atoms with van der Waals surface area (Å²) in [5, 5.41) is 4.20. The highest BCUT2D eigenvalue weighted by molar-refractivity contribution is 7.91. The molecule has 0 saturated heterocycles. The number of halogens is 3.